The quantitative estimate of drug-likeness (QED) is 0.439. The minimum Gasteiger partial charge on any atom is -0.490 e. The van der Waals surface area contributed by atoms with Crippen molar-refractivity contribution in [1.82, 2.24) is 4.90 Å². The number of hydrogen-bond donors (Lipinski definition) is 2. The van der Waals surface area contributed by atoms with Crippen molar-refractivity contribution < 1.29 is 19.1 Å². The second-order valence-electron chi connectivity index (χ2n) is 7.99. The van der Waals surface area contributed by atoms with Crippen LogP contribution in [0.3, 0.4) is 0 Å². The van der Waals surface area contributed by atoms with Gasteiger partial charge in [0.25, 0.3) is 5.91 Å². The predicted molar refractivity (Wildman–Crippen MR) is 133 cm³/mol. The number of benzene rings is 3. The van der Waals surface area contributed by atoms with Crippen molar-refractivity contribution in [2.24, 2.45) is 0 Å². The van der Waals surface area contributed by atoms with Gasteiger partial charge in [0.1, 0.15) is 24.7 Å². The van der Waals surface area contributed by atoms with E-state index in [-0.39, 0.29) is 18.4 Å². The van der Waals surface area contributed by atoms with Crippen molar-refractivity contribution in [1.29, 1.82) is 0 Å². The summed E-state index contributed by atoms with van der Waals surface area (Å²) >= 11 is 0. The third-order valence-corrected chi connectivity index (χ3v) is 5.47. The number of likely N-dealkylation sites (tertiary alicyclic amines) is 1. The van der Waals surface area contributed by atoms with Crippen LogP contribution in [0, 0.1) is 0 Å². The Kier molecular flexibility index (Phi) is 8.00. The van der Waals surface area contributed by atoms with Gasteiger partial charge >= 0.3 is 0 Å². The van der Waals surface area contributed by atoms with Crippen LogP contribution in [0.4, 0.5) is 11.4 Å². The van der Waals surface area contributed by atoms with E-state index in [1.807, 2.05) is 59.5 Å². The highest BCUT2D eigenvalue weighted by Crippen LogP contribution is 2.24. The molecule has 1 aliphatic rings. The van der Waals surface area contributed by atoms with Crippen molar-refractivity contribution in [3.05, 3.63) is 84.4 Å². The number of anilines is 2. The first-order chi connectivity index (χ1) is 16.7. The number of hydrogen-bond acceptors (Lipinski definition) is 5. The molecular formula is C27H29N3O4. The van der Waals surface area contributed by atoms with Gasteiger partial charge in [0.2, 0.25) is 5.91 Å². The molecule has 34 heavy (non-hydrogen) atoms. The van der Waals surface area contributed by atoms with Gasteiger partial charge in [0.15, 0.2) is 0 Å². The molecule has 7 nitrogen and oxygen atoms in total. The fraction of sp³-hybridized carbons (Fsp3) is 0.259. The van der Waals surface area contributed by atoms with Crippen LogP contribution in [-0.4, -0.2) is 49.6 Å². The fourth-order valence-electron chi connectivity index (χ4n) is 3.77. The number of nitrogens with zero attached hydrogens (tertiary/aromatic N) is 1. The number of amides is 2. The van der Waals surface area contributed by atoms with Crippen molar-refractivity contribution in [2.75, 3.05) is 43.5 Å². The van der Waals surface area contributed by atoms with Crippen molar-refractivity contribution in [2.45, 2.75) is 12.8 Å². The van der Waals surface area contributed by atoms with E-state index in [9.17, 15) is 9.59 Å². The Balaban J connectivity index is 1.26. The maximum Gasteiger partial charge on any atom is 0.253 e. The number of carbonyl (C=O) groups is 2. The van der Waals surface area contributed by atoms with Gasteiger partial charge in [-0.15, -0.1) is 0 Å². The summed E-state index contributed by atoms with van der Waals surface area (Å²) in [4.78, 5) is 27.0. The molecular weight excluding hydrogens is 430 g/mol. The molecule has 1 saturated heterocycles. The van der Waals surface area contributed by atoms with Crippen LogP contribution >= 0.6 is 0 Å². The lowest BCUT2D eigenvalue weighted by Crippen LogP contribution is -2.27. The molecule has 0 saturated carbocycles. The lowest BCUT2D eigenvalue weighted by molar-refractivity contribution is -0.114. The summed E-state index contributed by atoms with van der Waals surface area (Å²) in [6.07, 6.45) is 2.10. The maximum absolute atomic E-state index is 12.6. The van der Waals surface area contributed by atoms with E-state index in [1.165, 1.54) is 0 Å². The van der Waals surface area contributed by atoms with E-state index in [1.54, 1.807) is 24.3 Å². The molecule has 0 bridgehead atoms. The molecule has 1 aliphatic heterocycles. The van der Waals surface area contributed by atoms with Gasteiger partial charge in [-0.2, -0.15) is 0 Å². The Morgan fingerprint density at radius 1 is 0.824 bits per heavy atom. The van der Waals surface area contributed by atoms with Gasteiger partial charge in [-0.25, -0.2) is 0 Å². The van der Waals surface area contributed by atoms with Crippen LogP contribution < -0.4 is 20.1 Å². The summed E-state index contributed by atoms with van der Waals surface area (Å²) in [5.41, 5.74) is 1.94. The number of nitrogens with one attached hydrogen (secondary N) is 2. The second kappa shape index (κ2) is 11.7. The van der Waals surface area contributed by atoms with Crippen molar-refractivity contribution >= 4 is 23.2 Å². The molecule has 3 aromatic rings. The van der Waals surface area contributed by atoms with Gasteiger partial charge in [-0.1, -0.05) is 36.4 Å². The third-order valence-electron chi connectivity index (χ3n) is 5.47. The van der Waals surface area contributed by atoms with E-state index in [4.69, 9.17) is 9.47 Å². The molecule has 0 atom stereocenters. The maximum atomic E-state index is 12.6. The highest BCUT2D eigenvalue weighted by molar-refractivity contribution is 5.96. The fourth-order valence-corrected chi connectivity index (χ4v) is 3.77. The molecule has 0 spiro atoms. The Morgan fingerprint density at radius 3 is 2.38 bits per heavy atom. The van der Waals surface area contributed by atoms with E-state index in [0.29, 0.717) is 30.2 Å². The van der Waals surface area contributed by atoms with Crippen LogP contribution in [0.1, 0.15) is 23.2 Å². The monoisotopic (exact) mass is 459 g/mol. The molecule has 1 heterocycles. The van der Waals surface area contributed by atoms with Crippen LogP contribution in [0.15, 0.2) is 78.9 Å². The topological polar surface area (TPSA) is 79.9 Å². The van der Waals surface area contributed by atoms with Crippen LogP contribution in [0.5, 0.6) is 11.5 Å². The van der Waals surface area contributed by atoms with E-state index in [2.05, 4.69) is 10.6 Å². The summed E-state index contributed by atoms with van der Waals surface area (Å²) < 4.78 is 11.5. The SMILES string of the molecule is O=C(CNc1cccc(C(=O)N2CCCC2)c1)Nc1ccccc1OCCOc1ccccc1. The Hall–Kier alpha value is -4.00. The zero-order valence-corrected chi connectivity index (χ0v) is 19.0. The minimum atomic E-state index is -0.215. The predicted octanol–water partition coefficient (Wildman–Crippen LogP) is 4.43. The standard InChI is InChI=1S/C27H29N3O4/c31-26(20-28-22-10-8-9-21(19-22)27(32)30-15-6-7-16-30)29-24-13-4-5-14-25(24)34-18-17-33-23-11-2-1-3-12-23/h1-5,8-14,19,28H,6-7,15-18,20H2,(H,29,31). The lowest BCUT2D eigenvalue weighted by Gasteiger charge is -2.16. The molecule has 2 amide bonds. The Labute approximate surface area is 199 Å². The first-order valence-corrected chi connectivity index (χ1v) is 11.5. The zero-order chi connectivity index (χ0) is 23.6. The van der Waals surface area contributed by atoms with Gasteiger partial charge in [-0.05, 0) is 55.3 Å². The first-order valence-electron chi connectivity index (χ1n) is 11.5. The summed E-state index contributed by atoms with van der Waals surface area (Å²) in [6.45, 7) is 2.41. The van der Waals surface area contributed by atoms with E-state index < -0.39 is 0 Å². The smallest absolute Gasteiger partial charge is 0.253 e. The van der Waals surface area contributed by atoms with Gasteiger partial charge in [-0.3, -0.25) is 9.59 Å². The van der Waals surface area contributed by atoms with Crippen molar-refractivity contribution in [3.63, 3.8) is 0 Å². The summed E-state index contributed by atoms with van der Waals surface area (Å²) in [5, 5.41) is 5.98. The normalized spacial score (nSPS) is 12.8. The summed E-state index contributed by atoms with van der Waals surface area (Å²) in [5.74, 6) is 1.18. The number of carbonyl (C=O) groups excluding carboxylic acids is 2. The molecule has 176 valence electrons. The molecule has 7 heteroatoms. The largest absolute Gasteiger partial charge is 0.490 e. The van der Waals surface area contributed by atoms with Crippen molar-refractivity contribution in [3.8, 4) is 11.5 Å². The van der Waals surface area contributed by atoms with E-state index >= 15 is 0 Å². The third kappa shape index (κ3) is 6.51. The molecule has 4 rings (SSSR count). The minimum absolute atomic E-state index is 0.0351. The summed E-state index contributed by atoms with van der Waals surface area (Å²) in [6, 6.07) is 24.1. The molecule has 0 radical (unpaired) electrons. The lowest BCUT2D eigenvalue weighted by atomic mass is 10.1. The molecule has 2 N–H and O–H groups in total. The highest BCUT2D eigenvalue weighted by atomic mass is 16.5. The van der Waals surface area contributed by atoms with Gasteiger partial charge < -0.3 is 25.0 Å². The molecule has 0 aliphatic carbocycles. The zero-order valence-electron chi connectivity index (χ0n) is 19.0. The first kappa shape index (κ1) is 23.2. The van der Waals surface area contributed by atoms with Crippen LogP contribution in [0.2, 0.25) is 0 Å². The number of ether oxygens (including phenoxy) is 2. The Morgan fingerprint density at radius 2 is 1.56 bits per heavy atom. The average Bonchev–Trinajstić information content (AvgIpc) is 3.42. The highest BCUT2D eigenvalue weighted by Gasteiger charge is 2.19. The second-order valence-corrected chi connectivity index (χ2v) is 7.99. The van der Waals surface area contributed by atoms with Crippen LogP contribution in [0.25, 0.3) is 0 Å². The van der Waals surface area contributed by atoms with Gasteiger partial charge in [0.05, 0.1) is 12.2 Å². The molecule has 1 fully saturated rings. The molecule has 3 aromatic carbocycles. The summed E-state index contributed by atoms with van der Waals surface area (Å²) in [7, 11) is 0. The number of para-hydroxylation sites is 3. The number of rotatable bonds is 10. The van der Waals surface area contributed by atoms with E-state index in [0.717, 1.165) is 37.4 Å². The van der Waals surface area contributed by atoms with Gasteiger partial charge in [0, 0.05) is 24.3 Å². The average molecular weight is 460 g/mol. The molecule has 0 aromatic heterocycles. The molecule has 0 unspecified atom stereocenters. The Bertz CT molecular complexity index is 1100. The van der Waals surface area contributed by atoms with Crippen LogP contribution in [-0.2, 0) is 4.79 Å².